The highest BCUT2D eigenvalue weighted by Gasteiger charge is 2.38. The average Bonchev–Trinajstić information content (AvgIpc) is 3.96. The Bertz CT molecular complexity index is 1800. The number of alkyl carbamates (subject to hydrolysis) is 1. The first-order chi connectivity index (χ1) is 24.6. The Morgan fingerprint density at radius 3 is 1.76 bits per heavy atom. The van der Waals surface area contributed by atoms with E-state index in [2.05, 4.69) is 92.9 Å². The summed E-state index contributed by atoms with van der Waals surface area (Å²) in [6.45, 7) is 10.5. The SMILES string of the molecule is CNC(=O)O[C@H](C(=O)N1CCC[C@H]1c1ncc(-c2ccc(-c3ccc(-c4cnc([C@@H]5CCCN5C(=O)CNCC(C)C)[nH]4)cc3)cc2)[nH]1)C(C)C. The minimum absolute atomic E-state index is 0.0254. The van der Waals surface area contributed by atoms with Gasteiger partial charge in [-0.2, -0.15) is 0 Å². The lowest BCUT2D eigenvalue weighted by Gasteiger charge is -2.29. The van der Waals surface area contributed by atoms with Crippen LogP contribution in [0.3, 0.4) is 0 Å². The van der Waals surface area contributed by atoms with Gasteiger partial charge in [0.2, 0.25) is 5.91 Å². The Labute approximate surface area is 299 Å². The number of hydrogen-bond donors (Lipinski definition) is 4. The molecule has 2 fully saturated rings. The number of aromatic nitrogens is 4. The second kappa shape index (κ2) is 15.9. The molecule has 0 spiro atoms. The van der Waals surface area contributed by atoms with Crippen molar-refractivity contribution >= 4 is 17.9 Å². The van der Waals surface area contributed by atoms with Crippen molar-refractivity contribution in [1.82, 2.24) is 40.4 Å². The molecule has 0 saturated carbocycles. The van der Waals surface area contributed by atoms with Gasteiger partial charge in [0.25, 0.3) is 5.91 Å². The largest absolute Gasteiger partial charge is 0.436 e. The van der Waals surface area contributed by atoms with Crippen LogP contribution in [-0.2, 0) is 14.3 Å². The number of likely N-dealkylation sites (tertiary alicyclic amines) is 2. The lowest BCUT2D eigenvalue weighted by Crippen LogP contribution is -2.45. The predicted molar refractivity (Wildman–Crippen MR) is 196 cm³/mol. The van der Waals surface area contributed by atoms with Crippen LogP contribution in [-0.4, -0.2) is 87.0 Å². The van der Waals surface area contributed by atoms with Crippen molar-refractivity contribution in [1.29, 1.82) is 0 Å². The molecule has 2 aliphatic rings. The van der Waals surface area contributed by atoms with Crippen LogP contribution in [0.5, 0.6) is 0 Å². The predicted octanol–water partition coefficient (Wildman–Crippen LogP) is 6.09. The number of amides is 3. The van der Waals surface area contributed by atoms with Crippen LogP contribution in [0.2, 0.25) is 0 Å². The number of nitrogens with zero attached hydrogens (tertiary/aromatic N) is 4. The van der Waals surface area contributed by atoms with Gasteiger partial charge in [0.1, 0.15) is 11.6 Å². The van der Waals surface area contributed by atoms with Gasteiger partial charge >= 0.3 is 6.09 Å². The van der Waals surface area contributed by atoms with Gasteiger partial charge in [0.15, 0.2) is 6.10 Å². The average molecular weight is 695 g/mol. The maximum atomic E-state index is 13.5. The van der Waals surface area contributed by atoms with Gasteiger partial charge in [0.05, 0.1) is 42.4 Å². The summed E-state index contributed by atoms with van der Waals surface area (Å²) in [5.74, 6) is 1.82. The van der Waals surface area contributed by atoms with Gasteiger partial charge in [-0.15, -0.1) is 0 Å². The zero-order valence-electron chi connectivity index (χ0n) is 30.2. The number of rotatable bonds is 12. The van der Waals surface area contributed by atoms with Gasteiger partial charge in [0, 0.05) is 20.1 Å². The Hall–Kier alpha value is -4.97. The fourth-order valence-corrected chi connectivity index (χ4v) is 7.03. The number of ether oxygens (including phenoxy) is 1. The van der Waals surface area contributed by atoms with Gasteiger partial charge in [-0.3, -0.25) is 9.59 Å². The molecule has 270 valence electrons. The molecule has 2 aliphatic heterocycles. The molecule has 2 saturated heterocycles. The van der Waals surface area contributed by atoms with Crippen LogP contribution in [0.15, 0.2) is 60.9 Å². The van der Waals surface area contributed by atoms with Crippen molar-refractivity contribution in [3.05, 3.63) is 72.6 Å². The van der Waals surface area contributed by atoms with Gasteiger partial charge in [-0.1, -0.05) is 76.2 Å². The Morgan fingerprint density at radius 1 is 0.784 bits per heavy atom. The zero-order chi connectivity index (χ0) is 36.1. The maximum Gasteiger partial charge on any atom is 0.407 e. The van der Waals surface area contributed by atoms with Crippen molar-refractivity contribution in [3.8, 4) is 33.6 Å². The van der Waals surface area contributed by atoms with E-state index in [1.807, 2.05) is 31.1 Å². The molecule has 2 aromatic heterocycles. The van der Waals surface area contributed by atoms with E-state index >= 15 is 0 Å². The molecule has 12 nitrogen and oxygen atoms in total. The summed E-state index contributed by atoms with van der Waals surface area (Å²) in [7, 11) is 1.48. The van der Waals surface area contributed by atoms with Crippen LogP contribution < -0.4 is 10.6 Å². The lowest BCUT2D eigenvalue weighted by molar-refractivity contribution is -0.143. The van der Waals surface area contributed by atoms with Gasteiger partial charge in [-0.25, -0.2) is 14.8 Å². The van der Waals surface area contributed by atoms with E-state index in [0.717, 1.165) is 84.1 Å². The summed E-state index contributed by atoms with van der Waals surface area (Å²) in [5.41, 5.74) is 6.01. The van der Waals surface area contributed by atoms with Crippen molar-refractivity contribution in [2.75, 3.05) is 33.2 Å². The number of nitrogens with one attached hydrogen (secondary N) is 4. The number of H-pyrrole nitrogens is 2. The lowest BCUT2D eigenvalue weighted by atomic mass is 10.0. The van der Waals surface area contributed by atoms with Crippen molar-refractivity contribution in [2.24, 2.45) is 11.8 Å². The Balaban J connectivity index is 1.09. The van der Waals surface area contributed by atoms with Crippen LogP contribution in [0.25, 0.3) is 33.6 Å². The van der Waals surface area contributed by atoms with Crippen LogP contribution in [0.1, 0.15) is 77.1 Å². The first-order valence-corrected chi connectivity index (χ1v) is 18.1. The molecule has 3 atom stereocenters. The highest BCUT2D eigenvalue weighted by Crippen LogP contribution is 2.35. The highest BCUT2D eigenvalue weighted by molar-refractivity contribution is 5.84. The smallest absolute Gasteiger partial charge is 0.407 e. The van der Waals surface area contributed by atoms with E-state index in [0.29, 0.717) is 19.0 Å². The Kier molecular flexibility index (Phi) is 11.2. The third kappa shape index (κ3) is 8.17. The molecule has 0 radical (unpaired) electrons. The van der Waals surface area contributed by atoms with Crippen molar-refractivity contribution in [2.45, 2.75) is 71.6 Å². The molecule has 4 N–H and O–H groups in total. The molecule has 51 heavy (non-hydrogen) atoms. The normalized spacial score (nSPS) is 18.1. The minimum atomic E-state index is -0.861. The summed E-state index contributed by atoms with van der Waals surface area (Å²) in [4.78, 5) is 58.3. The molecule has 0 aliphatic carbocycles. The fourth-order valence-electron chi connectivity index (χ4n) is 7.03. The second-order valence-electron chi connectivity index (χ2n) is 14.3. The van der Waals surface area contributed by atoms with E-state index < -0.39 is 12.2 Å². The highest BCUT2D eigenvalue weighted by atomic mass is 16.6. The zero-order valence-corrected chi connectivity index (χ0v) is 30.2. The van der Waals surface area contributed by atoms with Crippen LogP contribution >= 0.6 is 0 Å². The number of carbonyl (C=O) groups is 3. The number of benzene rings is 2. The quantitative estimate of drug-likeness (QED) is 0.140. The Morgan fingerprint density at radius 2 is 1.27 bits per heavy atom. The molecule has 2 aromatic carbocycles. The molecular formula is C39H50N8O4. The second-order valence-corrected chi connectivity index (χ2v) is 14.3. The summed E-state index contributed by atoms with van der Waals surface area (Å²) < 4.78 is 5.43. The van der Waals surface area contributed by atoms with E-state index in [1.54, 1.807) is 4.90 Å². The number of aromatic amines is 2. The molecule has 4 aromatic rings. The monoisotopic (exact) mass is 694 g/mol. The van der Waals surface area contributed by atoms with E-state index in [4.69, 9.17) is 4.74 Å². The molecule has 0 unspecified atom stereocenters. The van der Waals surface area contributed by atoms with Crippen molar-refractivity contribution in [3.63, 3.8) is 0 Å². The van der Waals surface area contributed by atoms with Crippen LogP contribution in [0.4, 0.5) is 4.79 Å². The third-order valence-corrected chi connectivity index (χ3v) is 9.77. The molecule has 0 bridgehead atoms. The first kappa shape index (κ1) is 35.8. The summed E-state index contributed by atoms with van der Waals surface area (Å²) in [6.07, 6.45) is 5.71. The summed E-state index contributed by atoms with van der Waals surface area (Å²) >= 11 is 0. The summed E-state index contributed by atoms with van der Waals surface area (Å²) in [6, 6.07) is 16.5. The molecule has 6 rings (SSSR count). The fraction of sp³-hybridized carbons (Fsp3) is 0.462. The molecular weight excluding hydrogens is 644 g/mol. The molecule has 4 heterocycles. The number of imidazole rings is 2. The van der Waals surface area contributed by atoms with Crippen LogP contribution in [0, 0.1) is 11.8 Å². The topological polar surface area (TPSA) is 148 Å². The van der Waals surface area contributed by atoms with Crippen molar-refractivity contribution < 1.29 is 19.1 Å². The third-order valence-electron chi connectivity index (χ3n) is 9.77. The van der Waals surface area contributed by atoms with Gasteiger partial charge in [-0.05, 0) is 66.3 Å². The molecule has 12 heteroatoms. The van der Waals surface area contributed by atoms with E-state index in [9.17, 15) is 14.4 Å². The summed E-state index contributed by atoms with van der Waals surface area (Å²) in [5, 5.41) is 5.71. The van der Waals surface area contributed by atoms with E-state index in [1.165, 1.54) is 7.05 Å². The minimum Gasteiger partial charge on any atom is -0.436 e. The van der Waals surface area contributed by atoms with E-state index in [-0.39, 0.29) is 29.8 Å². The number of carbonyl (C=O) groups excluding carboxylic acids is 3. The molecule has 3 amide bonds. The maximum absolute atomic E-state index is 13.5. The van der Waals surface area contributed by atoms with Gasteiger partial charge < -0.3 is 35.1 Å². The first-order valence-electron chi connectivity index (χ1n) is 18.1. The number of hydrogen-bond acceptors (Lipinski definition) is 7. The standard InChI is InChI=1S/C39H50N8O4/c1-24(2)20-41-23-34(48)46-18-6-8-32(46)36-42-21-30(44-36)28-14-10-26(11-15-28)27-12-16-29(17-13-27)31-22-43-37(45-31)33-9-7-19-47(33)38(49)35(25(3)4)51-39(50)40-5/h10-17,21-22,24-25,32-33,35,41H,6-9,18-20,23H2,1-5H3,(H,40,50)(H,42,44)(H,43,45)/t32-,33-,35-/m0/s1.